The molecule has 1 heterocycles. The fraction of sp³-hybridized carbons (Fsp3) is 0.833. The molecule has 76 valence electrons. The maximum Gasteiger partial charge on any atom is 0.0127 e. The predicted octanol–water partition coefficient (Wildman–Crippen LogP) is 3.07. The Bertz CT molecular complexity index is 145. The summed E-state index contributed by atoms with van der Waals surface area (Å²) in [5, 5.41) is 0. The Kier molecular flexibility index (Phi) is 4.51. The fourth-order valence-electron chi connectivity index (χ4n) is 2.16. The minimum atomic E-state index is 0.755. The third-order valence-corrected chi connectivity index (χ3v) is 3.24. The molecule has 0 amide bonds. The number of nitrogens with zero attached hydrogens (tertiary/aromatic N) is 1. The van der Waals surface area contributed by atoms with E-state index >= 15 is 0 Å². The van der Waals surface area contributed by atoms with Crippen molar-refractivity contribution in [2.75, 3.05) is 13.1 Å². The third kappa shape index (κ3) is 3.15. The number of rotatable bonds is 4. The van der Waals surface area contributed by atoms with Gasteiger partial charge in [-0.1, -0.05) is 19.9 Å². The van der Waals surface area contributed by atoms with E-state index in [0.29, 0.717) is 0 Å². The van der Waals surface area contributed by atoms with E-state index in [9.17, 15) is 0 Å². The molecule has 1 heteroatoms. The SMILES string of the molecule is C=CCC(CC)N1CCC(C)CC1. The van der Waals surface area contributed by atoms with Crippen LogP contribution >= 0.6 is 0 Å². The predicted molar refractivity (Wildman–Crippen MR) is 58.9 cm³/mol. The van der Waals surface area contributed by atoms with Crippen LogP contribution in [-0.4, -0.2) is 24.0 Å². The number of hydrogen-bond acceptors (Lipinski definition) is 1. The summed E-state index contributed by atoms with van der Waals surface area (Å²) in [4.78, 5) is 2.64. The molecule has 13 heavy (non-hydrogen) atoms. The summed E-state index contributed by atoms with van der Waals surface area (Å²) >= 11 is 0. The van der Waals surface area contributed by atoms with Gasteiger partial charge in [-0.15, -0.1) is 6.58 Å². The second kappa shape index (κ2) is 5.43. The molecule has 0 radical (unpaired) electrons. The normalized spacial score (nSPS) is 22.9. The smallest absolute Gasteiger partial charge is 0.0127 e. The summed E-state index contributed by atoms with van der Waals surface area (Å²) in [6.45, 7) is 11.1. The first-order valence-electron chi connectivity index (χ1n) is 5.62. The van der Waals surface area contributed by atoms with E-state index in [2.05, 4.69) is 31.4 Å². The van der Waals surface area contributed by atoms with Gasteiger partial charge >= 0.3 is 0 Å². The molecule has 1 atom stereocenters. The van der Waals surface area contributed by atoms with Gasteiger partial charge in [0.2, 0.25) is 0 Å². The molecule has 0 saturated carbocycles. The Balaban J connectivity index is 2.36. The molecule has 1 aliphatic rings. The lowest BCUT2D eigenvalue weighted by Gasteiger charge is -2.35. The van der Waals surface area contributed by atoms with Crippen LogP contribution in [0.25, 0.3) is 0 Å². The van der Waals surface area contributed by atoms with Crippen LogP contribution in [0.1, 0.15) is 39.5 Å². The zero-order valence-corrected chi connectivity index (χ0v) is 9.13. The molecule has 1 fully saturated rings. The van der Waals surface area contributed by atoms with Crippen LogP contribution in [0.15, 0.2) is 12.7 Å². The molecule has 1 nitrogen and oxygen atoms in total. The highest BCUT2D eigenvalue weighted by Gasteiger charge is 2.20. The zero-order chi connectivity index (χ0) is 9.68. The van der Waals surface area contributed by atoms with Crippen molar-refractivity contribution < 1.29 is 0 Å². The number of likely N-dealkylation sites (tertiary alicyclic amines) is 1. The van der Waals surface area contributed by atoms with Crippen LogP contribution in [0, 0.1) is 5.92 Å². The lowest BCUT2D eigenvalue weighted by Crippen LogP contribution is -2.40. The molecule has 0 N–H and O–H groups in total. The van der Waals surface area contributed by atoms with Crippen molar-refractivity contribution >= 4 is 0 Å². The molecule has 0 aliphatic carbocycles. The van der Waals surface area contributed by atoms with Gasteiger partial charge in [-0.2, -0.15) is 0 Å². The van der Waals surface area contributed by atoms with Crippen molar-refractivity contribution in [3.63, 3.8) is 0 Å². The van der Waals surface area contributed by atoms with E-state index in [1.807, 2.05) is 0 Å². The van der Waals surface area contributed by atoms with Crippen molar-refractivity contribution in [1.29, 1.82) is 0 Å². The highest BCUT2D eigenvalue weighted by molar-refractivity contribution is 4.82. The molecule has 0 aromatic rings. The van der Waals surface area contributed by atoms with Crippen molar-refractivity contribution in [2.45, 2.75) is 45.6 Å². The first kappa shape index (κ1) is 10.8. The molecule has 0 aromatic heterocycles. The van der Waals surface area contributed by atoms with Crippen LogP contribution < -0.4 is 0 Å². The van der Waals surface area contributed by atoms with E-state index in [4.69, 9.17) is 0 Å². The maximum atomic E-state index is 3.83. The van der Waals surface area contributed by atoms with Crippen LogP contribution in [0.5, 0.6) is 0 Å². The average Bonchev–Trinajstić information content (AvgIpc) is 2.16. The molecule has 1 saturated heterocycles. The highest BCUT2D eigenvalue weighted by Crippen LogP contribution is 2.20. The second-order valence-electron chi connectivity index (χ2n) is 4.30. The van der Waals surface area contributed by atoms with E-state index in [1.54, 1.807) is 0 Å². The highest BCUT2D eigenvalue weighted by atomic mass is 15.2. The van der Waals surface area contributed by atoms with Gasteiger partial charge in [0.25, 0.3) is 0 Å². The fourth-order valence-corrected chi connectivity index (χ4v) is 2.16. The van der Waals surface area contributed by atoms with E-state index < -0.39 is 0 Å². The summed E-state index contributed by atoms with van der Waals surface area (Å²) < 4.78 is 0. The summed E-state index contributed by atoms with van der Waals surface area (Å²) in [6, 6.07) is 0.755. The number of piperidine rings is 1. The van der Waals surface area contributed by atoms with Crippen LogP contribution in [-0.2, 0) is 0 Å². The zero-order valence-electron chi connectivity index (χ0n) is 9.13. The van der Waals surface area contributed by atoms with Gasteiger partial charge < -0.3 is 4.90 Å². The molecule has 0 bridgehead atoms. The molecule has 0 aromatic carbocycles. The van der Waals surface area contributed by atoms with E-state index in [-0.39, 0.29) is 0 Å². The summed E-state index contributed by atoms with van der Waals surface area (Å²) in [7, 11) is 0. The van der Waals surface area contributed by atoms with Crippen molar-refractivity contribution in [3.8, 4) is 0 Å². The Labute approximate surface area is 82.8 Å². The second-order valence-corrected chi connectivity index (χ2v) is 4.30. The van der Waals surface area contributed by atoms with Crippen molar-refractivity contribution in [2.24, 2.45) is 5.92 Å². The Hall–Kier alpha value is -0.300. The largest absolute Gasteiger partial charge is 0.300 e. The van der Waals surface area contributed by atoms with Gasteiger partial charge in [0.15, 0.2) is 0 Å². The first-order chi connectivity index (χ1) is 6.27. The molecular formula is C12H23N. The van der Waals surface area contributed by atoms with Gasteiger partial charge in [-0.05, 0) is 44.7 Å². The van der Waals surface area contributed by atoms with E-state index in [0.717, 1.165) is 18.4 Å². The standard InChI is InChI=1S/C12H23N/c1-4-6-12(5-2)13-9-7-11(3)8-10-13/h4,11-12H,1,5-10H2,2-3H3. The molecule has 1 unspecified atom stereocenters. The van der Waals surface area contributed by atoms with E-state index in [1.165, 1.54) is 32.4 Å². The Morgan fingerprint density at radius 1 is 1.46 bits per heavy atom. The lowest BCUT2D eigenvalue weighted by molar-refractivity contribution is 0.135. The first-order valence-corrected chi connectivity index (χ1v) is 5.62. The van der Waals surface area contributed by atoms with Gasteiger partial charge in [0, 0.05) is 6.04 Å². The maximum absolute atomic E-state index is 3.83. The third-order valence-electron chi connectivity index (χ3n) is 3.24. The average molecular weight is 181 g/mol. The summed E-state index contributed by atoms with van der Waals surface area (Å²) in [5.74, 6) is 0.942. The summed E-state index contributed by atoms with van der Waals surface area (Å²) in [5.41, 5.74) is 0. The molecule has 1 aliphatic heterocycles. The monoisotopic (exact) mass is 181 g/mol. The molecule has 0 spiro atoms. The molecule has 1 rings (SSSR count). The van der Waals surface area contributed by atoms with Gasteiger partial charge in [0.05, 0.1) is 0 Å². The Morgan fingerprint density at radius 3 is 2.54 bits per heavy atom. The minimum absolute atomic E-state index is 0.755. The van der Waals surface area contributed by atoms with Crippen LogP contribution in [0.2, 0.25) is 0 Å². The van der Waals surface area contributed by atoms with Gasteiger partial charge in [0.1, 0.15) is 0 Å². The Morgan fingerprint density at radius 2 is 2.08 bits per heavy atom. The van der Waals surface area contributed by atoms with Gasteiger partial charge in [-0.25, -0.2) is 0 Å². The molecular weight excluding hydrogens is 158 g/mol. The summed E-state index contributed by atoms with van der Waals surface area (Å²) in [6.07, 6.45) is 7.25. The quantitative estimate of drug-likeness (QED) is 0.602. The topological polar surface area (TPSA) is 3.24 Å². The lowest BCUT2D eigenvalue weighted by atomic mass is 9.96. The van der Waals surface area contributed by atoms with Crippen molar-refractivity contribution in [3.05, 3.63) is 12.7 Å². The number of hydrogen-bond donors (Lipinski definition) is 0. The van der Waals surface area contributed by atoms with Crippen molar-refractivity contribution in [1.82, 2.24) is 4.90 Å². The minimum Gasteiger partial charge on any atom is -0.300 e. The van der Waals surface area contributed by atoms with Gasteiger partial charge in [-0.3, -0.25) is 0 Å². The van der Waals surface area contributed by atoms with Crippen LogP contribution in [0.3, 0.4) is 0 Å². The van der Waals surface area contributed by atoms with Crippen LogP contribution in [0.4, 0.5) is 0 Å².